The van der Waals surface area contributed by atoms with E-state index in [4.69, 9.17) is 0 Å². The van der Waals surface area contributed by atoms with Gasteiger partial charge in [0.2, 0.25) is 5.91 Å². The fourth-order valence-electron chi connectivity index (χ4n) is 4.01. The molecule has 0 radical (unpaired) electrons. The monoisotopic (exact) mass is 400 g/mol. The molecular weight excluding hydrogens is 379 g/mol. The third-order valence-corrected chi connectivity index (χ3v) is 6.98. The van der Waals surface area contributed by atoms with Gasteiger partial charge in [-0.15, -0.1) is 0 Å². The van der Waals surface area contributed by atoms with Crippen LogP contribution in [-0.2, 0) is 14.8 Å². The largest absolute Gasteiger partial charge is 0.326 e. The number of allylic oxidation sites excluding steroid dienone is 2. The van der Waals surface area contributed by atoms with Gasteiger partial charge >= 0.3 is 0 Å². The highest BCUT2D eigenvalue weighted by molar-refractivity contribution is 7.92. The zero-order valence-corrected chi connectivity index (χ0v) is 16.2. The number of aryl methyl sites for hydroxylation is 1. The van der Waals surface area contributed by atoms with E-state index in [1.165, 1.54) is 30.3 Å². The van der Waals surface area contributed by atoms with E-state index in [0.29, 0.717) is 17.2 Å². The Balaban J connectivity index is 1.54. The molecule has 0 spiro atoms. The zero-order chi connectivity index (χ0) is 19.9. The Labute approximate surface area is 163 Å². The van der Waals surface area contributed by atoms with Gasteiger partial charge in [-0.05, 0) is 73.6 Å². The van der Waals surface area contributed by atoms with Crippen molar-refractivity contribution in [1.29, 1.82) is 0 Å². The van der Waals surface area contributed by atoms with E-state index in [1.54, 1.807) is 19.1 Å². The first-order chi connectivity index (χ1) is 13.3. The van der Waals surface area contributed by atoms with E-state index in [-0.39, 0.29) is 28.3 Å². The summed E-state index contributed by atoms with van der Waals surface area (Å²) >= 11 is 0. The number of anilines is 2. The van der Waals surface area contributed by atoms with E-state index in [1.807, 2.05) is 0 Å². The molecule has 2 aliphatic carbocycles. The van der Waals surface area contributed by atoms with E-state index >= 15 is 0 Å². The van der Waals surface area contributed by atoms with Crippen molar-refractivity contribution in [3.8, 4) is 0 Å². The summed E-state index contributed by atoms with van der Waals surface area (Å²) in [5, 5.41) is 2.87. The molecule has 0 heterocycles. The highest BCUT2D eigenvalue weighted by Crippen LogP contribution is 2.43. The lowest BCUT2D eigenvalue weighted by Crippen LogP contribution is -2.26. The van der Waals surface area contributed by atoms with Crippen LogP contribution < -0.4 is 10.0 Å². The van der Waals surface area contributed by atoms with Gasteiger partial charge in [0.1, 0.15) is 5.82 Å². The topological polar surface area (TPSA) is 75.3 Å². The fourth-order valence-corrected chi connectivity index (χ4v) is 5.34. The second-order valence-electron chi connectivity index (χ2n) is 7.47. The quantitative estimate of drug-likeness (QED) is 0.743. The molecule has 146 valence electrons. The Hall–Kier alpha value is -2.67. The molecule has 2 aromatic carbocycles. The molecule has 0 saturated heterocycles. The van der Waals surface area contributed by atoms with Crippen LogP contribution in [0.4, 0.5) is 15.8 Å². The molecule has 0 aliphatic heterocycles. The predicted octanol–water partition coefficient (Wildman–Crippen LogP) is 4.09. The van der Waals surface area contributed by atoms with Crippen molar-refractivity contribution in [2.45, 2.75) is 24.7 Å². The summed E-state index contributed by atoms with van der Waals surface area (Å²) in [5.41, 5.74) is 1.27. The summed E-state index contributed by atoms with van der Waals surface area (Å²) in [6.45, 7) is 1.69. The van der Waals surface area contributed by atoms with E-state index in [9.17, 15) is 17.6 Å². The summed E-state index contributed by atoms with van der Waals surface area (Å²) in [6, 6.07) is 9.91. The number of sulfonamides is 1. The Bertz CT molecular complexity index is 1050. The molecule has 1 fully saturated rings. The van der Waals surface area contributed by atoms with Gasteiger partial charge in [-0.3, -0.25) is 9.52 Å². The molecule has 2 aliphatic rings. The van der Waals surface area contributed by atoms with Crippen LogP contribution in [0.5, 0.6) is 0 Å². The Morgan fingerprint density at radius 2 is 1.75 bits per heavy atom. The standard InChI is InChI=1S/C21H21FN2O3S/c1-13-2-7-18(23-21(25)19-11-14-3-4-15(19)10-14)12-20(13)28(26,27)24-17-8-5-16(22)6-9-17/h2-9,12,14-15,19,24H,10-11H2,1H3,(H,23,25)/t14-,15-,19-/m0/s1. The fraction of sp³-hybridized carbons (Fsp3) is 0.286. The number of carbonyl (C=O) groups excluding carboxylic acids is 1. The molecule has 28 heavy (non-hydrogen) atoms. The first-order valence-electron chi connectivity index (χ1n) is 9.20. The molecule has 0 unspecified atom stereocenters. The second-order valence-corrected chi connectivity index (χ2v) is 9.12. The molecule has 2 aromatic rings. The van der Waals surface area contributed by atoms with Crippen molar-refractivity contribution in [3.05, 3.63) is 66.0 Å². The molecule has 3 atom stereocenters. The van der Waals surface area contributed by atoms with Crippen molar-refractivity contribution in [2.75, 3.05) is 10.0 Å². The third-order valence-electron chi connectivity index (χ3n) is 5.46. The molecule has 7 heteroatoms. The van der Waals surface area contributed by atoms with Crippen molar-refractivity contribution in [3.63, 3.8) is 0 Å². The number of benzene rings is 2. The minimum atomic E-state index is -3.88. The maximum absolute atomic E-state index is 13.0. The van der Waals surface area contributed by atoms with E-state index in [0.717, 1.165) is 12.8 Å². The molecular formula is C21H21FN2O3S. The minimum absolute atomic E-state index is 0.0614. The number of carbonyl (C=O) groups is 1. The average molecular weight is 400 g/mol. The lowest BCUT2D eigenvalue weighted by molar-refractivity contribution is -0.120. The van der Waals surface area contributed by atoms with Crippen LogP contribution in [0, 0.1) is 30.5 Å². The number of fused-ring (bicyclic) bond motifs is 2. The van der Waals surface area contributed by atoms with Gasteiger partial charge in [0.15, 0.2) is 0 Å². The van der Waals surface area contributed by atoms with Crippen LogP contribution in [0.1, 0.15) is 18.4 Å². The van der Waals surface area contributed by atoms with Crippen LogP contribution in [-0.4, -0.2) is 14.3 Å². The number of halogens is 1. The van der Waals surface area contributed by atoms with Crippen molar-refractivity contribution in [2.24, 2.45) is 17.8 Å². The number of nitrogens with one attached hydrogen (secondary N) is 2. The lowest BCUT2D eigenvalue weighted by Gasteiger charge is -2.18. The van der Waals surface area contributed by atoms with E-state index < -0.39 is 15.8 Å². The van der Waals surface area contributed by atoms with Crippen LogP contribution in [0.3, 0.4) is 0 Å². The van der Waals surface area contributed by atoms with Crippen molar-refractivity contribution < 1.29 is 17.6 Å². The van der Waals surface area contributed by atoms with Gasteiger partial charge in [0, 0.05) is 17.3 Å². The molecule has 4 rings (SSSR count). The number of amides is 1. The maximum Gasteiger partial charge on any atom is 0.262 e. The smallest absolute Gasteiger partial charge is 0.262 e. The summed E-state index contributed by atoms with van der Waals surface area (Å²) in [4.78, 5) is 12.7. The molecule has 2 N–H and O–H groups in total. The molecule has 2 bridgehead atoms. The predicted molar refractivity (Wildman–Crippen MR) is 106 cm³/mol. The van der Waals surface area contributed by atoms with Gasteiger partial charge < -0.3 is 5.32 Å². The highest BCUT2D eigenvalue weighted by Gasteiger charge is 2.39. The SMILES string of the molecule is Cc1ccc(NC(=O)[C@H]2C[C@H]3C=C[C@H]2C3)cc1S(=O)(=O)Nc1ccc(F)cc1. The Kier molecular flexibility index (Phi) is 4.71. The van der Waals surface area contributed by atoms with Gasteiger partial charge in [-0.2, -0.15) is 0 Å². The number of rotatable bonds is 5. The summed E-state index contributed by atoms with van der Waals surface area (Å²) in [6.07, 6.45) is 6.14. The maximum atomic E-state index is 13.0. The molecule has 0 aromatic heterocycles. The highest BCUT2D eigenvalue weighted by atomic mass is 32.2. The van der Waals surface area contributed by atoms with Crippen LogP contribution in [0.15, 0.2) is 59.5 Å². The molecule has 5 nitrogen and oxygen atoms in total. The van der Waals surface area contributed by atoms with Crippen molar-refractivity contribution >= 4 is 27.3 Å². The van der Waals surface area contributed by atoms with Gasteiger partial charge in [-0.1, -0.05) is 18.2 Å². The van der Waals surface area contributed by atoms with Gasteiger partial charge in [0.05, 0.1) is 4.90 Å². The summed E-state index contributed by atoms with van der Waals surface area (Å²) in [7, 11) is -3.88. The first-order valence-corrected chi connectivity index (χ1v) is 10.7. The van der Waals surface area contributed by atoms with Crippen LogP contribution >= 0.6 is 0 Å². The number of hydrogen-bond acceptors (Lipinski definition) is 3. The summed E-state index contributed by atoms with van der Waals surface area (Å²) in [5.74, 6) is 0.178. The first kappa shape index (κ1) is 18.7. The van der Waals surface area contributed by atoms with Crippen LogP contribution in [0.25, 0.3) is 0 Å². The van der Waals surface area contributed by atoms with Gasteiger partial charge in [0.25, 0.3) is 10.0 Å². The third kappa shape index (κ3) is 3.67. The number of hydrogen-bond donors (Lipinski definition) is 2. The normalized spacial score (nSPS) is 23.0. The minimum Gasteiger partial charge on any atom is -0.326 e. The lowest BCUT2D eigenvalue weighted by atomic mass is 9.93. The second kappa shape index (κ2) is 7.05. The molecule has 1 saturated carbocycles. The summed E-state index contributed by atoms with van der Waals surface area (Å²) < 4.78 is 41.0. The average Bonchev–Trinajstić information content (AvgIpc) is 3.28. The van der Waals surface area contributed by atoms with E-state index in [2.05, 4.69) is 22.2 Å². The molecule has 1 amide bonds. The van der Waals surface area contributed by atoms with Crippen molar-refractivity contribution in [1.82, 2.24) is 0 Å². The Morgan fingerprint density at radius 3 is 2.39 bits per heavy atom. The Morgan fingerprint density at radius 1 is 1.04 bits per heavy atom. The van der Waals surface area contributed by atoms with Crippen LogP contribution in [0.2, 0.25) is 0 Å². The zero-order valence-electron chi connectivity index (χ0n) is 15.4. The van der Waals surface area contributed by atoms with Gasteiger partial charge in [-0.25, -0.2) is 12.8 Å².